The zero-order valence-corrected chi connectivity index (χ0v) is 14.7. The van der Waals surface area contributed by atoms with E-state index in [1.54, 1.807) is 6.92 Å². The zero-order chi connectivity index (χ0) is 17.5. The third-order valence-corrected chi connectivity index (χ3v) is 4.44. The van der Waals surface area contributed by atoms with E-state index >= 15 is 0 Å². The average molecular weight is 343 g/mol. The first-order chi connectivity index (χ1) is 12.2. The van der Waals surface area contributed by atoms with Gasteiger partial charge in [0.1, 0.15) is 6.04 Å². The van der Waals surface area contributed by atoms with Crippen LogP contribution in [-0.2, 0) is 16.1 Å². The van der Waals surface area contributed by atoms with Crippen LogP contribution in [0.3, 0.4) is 0 Å². The molecular weight excluding hydrogens is 318 g/mol. The molecule has 1 amide bonds. The summed E-state index contributed by atoms with van der Waals surface area (Å²) < 4.78 is 11.0. The van der Waals surface area contributed by atoms with Crippen LogP contribution < -0.4 is 0 Å². The van der Waals surface area contributed by atoms with E-state index in [9.17, 15) is 4.79 Å². The number of hydrogen-bond donors (Lipinski definition) is 0. The molecule has 0 saturated carbocycles. The number of benzene rings is 1. The molecule has 1 atom stereocenters. The molecule has 25 heavy (non-hydrogen) atoms. The number of hydrogen-bond acceptors (Lipinski definition) is 5. The van der Waals surface area contributed by atoms with Crippen LogP contribution in [0.25, 0.3) is 0 Å². The number of aryl methyl sites for hydroxylation is 1. The predicted octanol–water partition coefficient (Wildman–Crippen LogP) is 3.43. The molecule has 3 rings (SSSR count). The van der Waals surface area contributed by atoms with Crippen molar-refractivity contribution in [2.24, 2.45) is 0 Å². The molecule has 1 aliphatic heterocycles. The highest BCUT2D eigenvalue weighted by atomic mass is 16.5. The number of rotatable bonds is 7. The molecule has 6 nitrogen and oxygen atoms in total. The van der Waals surface area contributed by atoms with Gasteiger partial charge in [-0.05, 0) is 38.2 Å². The number of ether oxygens (including phenoxy) is 1. The summed E-state index contributed by atoms with van der Waals surface area (Å²) >= 11 is 0. The number of carbonyl (C=O) groups is 1. The third kappa shape index (κ3) is 4.89. The molecule has 1 fully saturated rings. The van der Waals surface area contributed by atoms with Gasteiger partial charge < -0.3 is 14.2 Å². The maximum Gasteiger partial charge on any atom is 0.249 e. The number of piperidine rings is 1. The van der Waals surface area contributed by atoms with Crippen LogP contribution in [0.2, 0.25) is 0 Å². The normalized spacial score (nSPS) is 17.6. The largest absolute Gasteiger partial charge is 0.377 e. The molecule has 1 saturated heterocycles. The average Bonchev–Trinajstić information content (AvgIpc) is 3.08. The third-order valence-electron chi connectivity index (χ3n) is 4.44. The van der Waals surface area contributed by atoms with Crippen LogP contribution in [-0.4, -0.2) is 34.1 Å². The highest BCUT2D eigenvalue weighted by Crippen LogP contribution is 2.30. The molecule has 0 N–H and O–H groups in total. The Labute approximate surface area is 148 Å². The first-order valence-corrected chi connectivity index (χ1v) is 8.95. The van der Waals surface area contributed by atoms with E-state index in [2.05, 4.69) is 10.1 Å². The Kier molecular flexibility index (Phi) is 6.17. The van der Waals surface area contributed by atoms with Gasteiger partial charge in [-0.2, -0.15) is 4.98 Å². The maximum atomic E-state index is 12.6. The van der Waals surface area contributed by atoms with Gasteiger partial charge in [-0.25, -0.2) is 0 Å². The summed E-state index contributed by atoms with van der Waals surface area (Å²) in [6.07, 6.45) is 4.20. The van der Waals surface area contributed by atoms with Crippen molar-refractivity contribution in [3.8, 4) is 0 Å². The number of aromatic nitrogens is 2. The molecule has 2 heterocycles. The lowest BCUT2D eigenvalue weighted by Gasteiger charge is -2.33. The molecular formula is C19H25N3O3. The molecule has 0 radical (unpaired) electrons. The van der Waals surface area contributed by atoms with Crippen molar-refractivity contribution in [2.45, 2.75) is 51.7 Å². The van der Waals surface area contributed by atoms with Gasteiger partial charge in [0.25, 0.3) is 0 Å². The van der Waals surface area contributed by atoms with Crippen molar-refractivity contribution < 1.29 is 14.1 Å². The monoisotopic (exact) mass is 343 g/mol. The van der Waals surface area contributed by atoms with Gasteiger partial charge in [0, 0.05) is 19.6 Å². The molecule has 0 aliphatic carbocycles. The summed E-state index contributed by atoms with van der Waals surface area (Å²) in [5, 5.41) is 3.86. The summed E-state index contributed by atoms with van der Waals surface area (Å²) in [5.41, 5.74) is 1.15. The molecule has 0 spiro atoms. The Balaban J connectivity index is 1.44. The molecule has 6 heteroatoms. The number of nitrogens with zero attached hydrogens (tertiary/aromatic N) is 3. The molecule has 0 bridgehead atoms. The molecule has 1 unspecified atom stereocenters. The van der Waals surface area contributed by atoms with Gasteiger partial charge in [0.2, 0.25) is 11.8 Å². The van der Waals surface area contributed by atoms with Crippen LogP contribution in [0, 0.1) is 6.92 Å². The lowest BCUT2D eigenvalue weighted by Crippen LogP contribution is -2.38. The standard InChI is InChI=1S/C19H25N3O3/c1-15-20-19(25-21-15)17-10-5-6-12-22(17)18(23)11-7-13-24-14-16-8-3-2-4-9-16/h2-4,8-9,17H,5-7,10-14H2,1H3. The van der Waals surface area contributed by atoms with Gasteiger partial charge >= 0.3 is 0 Å². The molecule has 1 aromatic heterocycles. The Morgan fingerprint density at radius 2 is 2.16 bits per heavy atom. The van der Waals surface area contributed by atoms with Gasteiger partial charge in [0.05, 0.1) is 6.61 Å². The van der Waals surface area contributed by atoms with Crippen LogP contribution in [0.4, 0.5) is 0 Å². The topological polar surface area (TPSA) is 68.5 Å². The smallest absolute Gasteiger partial charge is 0.249 e. The fraction of sp³-hybridized carbons (Fsp3) is 0.526. The minimum Gasteiger partial charge on any atom is -0.377 e. The highest BCUT2D eigenvalue weighted by molar-refractivity contribution is 5.76. The lowest BCUT2D eigenvalue weighted by atomic mass is 10.0. The van der Waals surface area contributed by atoms with Gasteiger partial charge in [-0.15, -0.1) is 0 Å². The Hall–Kier alpha value is -2.21. The highest BCUT2D eigenvalue weighted by Gasteiger charge is 2.31. The van der Waals surface area contributed by atoms with Crippen molar-refractivity contribution in [2.75, 3.05) is 13.2 Å². The summed E-state index contributed by atoms with van der Waals surface area (Å²) in [7, 11) is 0. The van der Waals surface area contributed by atoms with Crippen molar-refractivity contribution in [3.63, 3.8) is 0 Å². The van der Waals surface area contributed by atoms with Gasteiger partial charge in [-0.3, -0.25) is 4.79 Å². The fourth-order valence-electron chi connectivity index (χ4n) is 3.17. The SMILES string of the molecule is Cc1noc(C2CCCCN2C(=O)CCCOCc2ccccc2)n1. The first kappa shape index (κ1) is 17.6. The molecule has 1 aliphatic rings. The molecule has 134 valence electrons. The van der Waals surface area contributed by atoms with E-state index in [1.807, 2.05) is 35.2 Å². The number of carbonyl (C=O) groups excluding carboxylic acids is 1. The minimum absolute atomic E-state index is 0.0762. The van der Waals surface area contributed by atoms with Crippen molar-refractivity contribution in [1.29, 1.82) is 0 Å². The number of likely N-dealkylation sites (tertiary alicyclic amines) is 1. The Morgan fingerprint density at radius 1 is 1.32 bits per heavy atom. The van der Waals surface area contributed by atoms with Crippen LogP contribution in [0.1, 0.15) is 55.4 Å². The molecule has 2 aromatic rings. The molecule has 1 aromatic carbocycles. The number of amides is 1. The lowest BCUT2D eigenvalue weighted by molar-refractivity contribution is -0.136. The quantitative estimate of drug-likeness (QED) is 0.721. The Bertz CT molecular complexity index is 672. The van der Waals surface area contributed by atoms with Gasteiger partial charge in [-0.1, -0.05) is 35.5 Å². The summed E-state index contributed by atoms with van der Waals surface area (Å²) in [6.45, 7) is 3.73. The second kappa shape index (κ2) is 8.76. The van der Waals surface area contributed by atoms with Crippen molar-refractivity contribution >= 4 is 5.91 Å². The Morgan fingerprint density at radius 3 is 2.92 bits per heavy atom. The minimum atomic E-state index is -0.0762. The zero-order valence-electron chi connectivity index (χ0n) is 14.7. The van der Waals surface area contributed by atoms with E-state index in [0.29, 0.717) is 31.3 Å². The predicted molar refractivity (Wildman–Crippen MR) is 92.7 cm³/mol. The van der Waals surface area contributed by atoms with E-state index in [-0.39, 0.29) is 11.9 Å². The summed E-state index contributed by atoms with van der Waals surface area (Å²) in [5.74, 6) is 1.32. The first-order valence-electron chi connectivity index (χ1n) is 8.95. The van der Waals surface area contributed by atoms with E-state index in [4.69, 9.17) is 9.26 Å². The van der Waals surface area contributed by atoms with E-state index < -0.39 is 0 Å². The van der Waals surface area contributed by atoms with Crippen molar-refractivity contribution in [1.82, 2.24) is 15.0 Å². The second-order valence-electron chi connectivity index (χ2n) is 6.42. The summed E-state index contributed by atoms with van der Waals surface area (Å²) in [4.78, 5) is 18.8. The van der Waals surface area contributed by atoms with Crippen molar-refractivity contribution in [3.05, 3.63) is 47.6 Å². The van der Waals surface area contributed by atoms with Crippen LogP contribution in [0.15, 0.2) is 34.9 Å². The van der Waals surface area contributed by atoms with E-state index in [1.165, 1.54) is 0 Å². The summed E-state index contributed by atoms with van der Waals surface area (Å²) in [6, 6.07) is 9.98. The van der Waals surface area contributed by atoms with Crippen LogP contribution in [0.5, 0.6) is 0 Å². The van der Waals surface area contributed by atoms with Gasteiger partial charge in [0.15, 0.2) is 5.82 Å². The van der Waals surface area contributed by atoms with E-state index in [0.717, 1.165) is 37.8 Å². The fourth-order valence-corrected chi connectivity index (χ4v) is 3.17. The van der Waals surface area contributed by atoms with Crippen LogP contribution >= 0.6 is 0 Å². The maximum absolute atomic E-state index is 12.6. The second-order valence-corrected chi connectivity index (χ2v) is 6.42.